The zero-order chi connectivity index (χ0) is 16.7. The molecule has 0 aliphatic heterocycles. The summed E-state index contributed by atoms with van der Waals surface area (Å²) in [6.07, 6.45) is 0. The molecule has 2 heterocycles. The summed E-state index contributed by atoms with van der Waals surface area (Å²) in [6.45, 7) is 1.34. The van der Waals surface area contributed by atoms with Crippen LogP contribution in [0.1, 0.15) is 6.92 Å². The molecule has 24 heavy (non-hydrogen) atoms. The number of carbonyl (C=O) groups excluding carboxylic acids is 1. The second kappa shape index (κ2) is 5.58. The molecule has 2 aromatic carbocycles. The third-order valence-corrected chi connectivity index (χ3v) is 4.57. The van der Waals surface area contributed by atoms with Crippen LogP contribution in [0.25, 0.3) is 31.8 Å². The lowest BCUT2D eigenvalue weighted by molar-refractivity contribution is -0.131. The Bertz CT molecular complexity index is 1110. The van der Waals surface area contributed by atoms with E-state index in [1.54, 1.807) is 18.2 Å². The third kappa shape index (κ3) is 2.57. The Morgan fingerprint density at radius 1 is 1.17 bits per heavy atom. The molecule has 0 aliphatic carbocycles. The van der Waals surface area contributed by atoms with E-state index in [4.69, 9.17) is 9.15 Å². The van der Waals surface area contributed by atoms with Crippen molar-refractivity contribution in [2.75, 3.05) is 0 Å². The van der Waals surface area contributed by atoms with E-state index in [9.17, 15) is 9.59 Å². The van der Waals surface area contributed by atoms with Crippen LogP contribution in [-0.2, 0) is 4.79 Å². The number of hydrogen-bond acceptors (Lipinski definition) is 6. The number of aromatic nitrogens is 1. The fraction of sp³-hybridized carbons (Fsp3) is 0.0556. The van der Waals surface area contributed by atoms with Crippen LogP contribution in [0.3, 0.4) is 0 Å². The van der Waals surface area contributed by atoms with Crippen molar-refractivity contribution in [3.63, 3.8) is 0 Å². The van der Waals surface area contributed by atoms with E-state index in [2.05, 4.69) is 4.98 Å². The van der Waals surface area contributed by atoms with Crippen molar-refractivity contribution < 1.29 is 13.9 Å². The number of ether oxygens (including phenoxy) is 1. The van der Waals surface area contributed by atoms with Crippen LogP contribution < -0.4 is 10.4 Å². The molecule has 0 aliphatic rings. The lowest BCUT2D eigenvalue weighted by Crippen LogP contribution is -2.02. The summed E-state index contributed by atoms with van der Waals surface area (Å²) >= 11 is 1.49. The van der Waals surface area contributed by atoms with Crippen molar-refractivity contribution >= 4 is 38.5 Å². The van der Waals surface area contributed by atoms with E-state index in [0.717, 1.165) is 10.2 Å². The van der Waals surface area contributed by atoms with Gasteiger partial charge in [-0.1, -0.05) is 12.1 Å². The van der Waals surface area contributed by atoms with Crippen molar-refractivity contribution in [3.8, 4) is 16.3 Å². The largest absolute Gasteiger partial charge is 0.427 e. The average molecular weight is 337 g/mol. The molecule has 0 amide bonds. The van der Waals surface area contributed by atoms with Gasteiger partial charge in [-0.25, -0.2) is 9.78 Å². The van der Waals surface area contributed by atoms with Crippen LogP contribution in [0.5, 0.6) is 5.75 Å². The molecule has 4 aromatic rings. The molecule has 118 valence electrons. The lowest BCUT2D eigenvalue weighted by atomic mass is 10.1. The Balaban J connectivity index is 1.98. The number of hydrogen-bond donors (Lipinski definition) is 0. The van der Waals surface area contributed by atoms with Gasteiger partial charge in [0.15, 0.2) is 0 Å². The van der Waals surface area contributed by atoms with Gasteiger partial charge in [-0.2, -0.15) is 0 Å². The quantitative estimate of drug-likeness (QED) is 0.314. The van der Waals surface area contributed by atoms with Crippen molar-refractivity contribution in [1.29, 1.82) is 0 Å². The van der Waals surface area contributed by atoms with Gasteiger partial charge in [0, 0.05) is 23.9 Å². The topological polar surface area (TPSA) is 69.4 Å². The first kappa shape index (κ1) is 14.6. The van der Waals surface area contributed by atoms with Gasteiger partial charge >= 0.3 is 11.6 Å². The molecule has 4 rings (SSSR count). The standard InChI is InChI=1S/C18H11NO4S/c1-10(20)22-11-6-7-15-12(8-11)13(9-17(21)23-15)18-19-14-4-2-3-5-16(14)24-18/h2-9H,1H3. The number of fused-ring (bicyclic) bond motifs is 2. The molecule has 5 nitrogen and oxygen atoms in total. The number of para-hydroxylation sites is 1. The molecule has 6 heteroatoms. The zero-order valence-corrected chi connectivity index (χ0v) is 13.4. The van der Waals surface area contributed by atoms with Gasteiger partial charge in [-0.15, -0.1) is 11.3 Å². The van der Waals surface area contributed by atoms with Gasteiger partial charge in [0.2, 0.25) is 0 Å². The van der Waals surface area contributed by atoms with E-state index < -0.39 is 11.6 Å². The van der Waals surface area contributed by atoms with Gasteiger partial charge in [0.25, 0.3) is 0 Å². The minimum absolute atomic E-state index is 0.395. The predicted octanol–water partition coefficient (Wildman–Crippen LogP) is 4.00. The van der Waals surface area contributed by atoms with E-state index in [-0.39, 0.29) is 0 Å². The van der Waals surface area contributed by atoms with Crippen LogP contribution in [0.15, 0.2) is 57.7 Å². The van der Waals surface area contributed by atoms with E-state index in [0.29, 0.717) is 27.3 Å². The summed E-state index contributed by atoms with van der Waals surface area (Å²) in [4.78, 5) is 27.6. The van der Waals surface area contributed by atoms with Crippen molar-refractivity contribution in [1.82, 2.24) is 4.98 Å². The SMILES string of the molecule is CC(=O)Oc1ccc2oc(=O)cc(-c3nc4ccccc4s3)c2c1. The average Bonchev–Trinajstić information content (AvgIpc) is 2.97. The molecule has 0 saturated carbocycles. The van der Waals surface area contributed by atoms with Gasteiger partial charge in [-0.05, 0) is 30.3 Å². The molecule has 0 spiro atoms. The first-order valence-electron chi connectivity index (χ1n) is 7.22. The molecular weight excluding hydrogens is 326 g/mol. The number of nitrogens with zero attached hydrogens (tertiary/aromatic N) is 1. The Kier molecular flexibility index (Phi) is 3.39. The van der Waals surface area contributed by atoms with E-state index >= 15 is 0 Å². The van der Waals surface area contributed by atoms with E-state index in [1.807, 2.05) is 24.3 Å². The first-order chi connectivity index (χ1) is 11.6. The second-order valence-electron chi connectivity index (χ2n) is 5.22. The van der Waals surface area contributed by atoms with Crippen LogP contribution in [0.2, 0.25) is 0 Å². The Morgan fingerprint density at radius 3 is 2.79 bits per heavy atom. The fourth-order valence-corrected chi connectivity index (χ4v) is 3.53. The van der Waals surface area contributed by atoms with Crippen LogP contribution >= 0.6 is 11.3 Å². The van der Waals surface area contributed by atoms with Crippen LogP contribution in [0, 0.1) is 0 Å². The molecule has 2 aromatic heterocycles. The number of carbonyl (C=O) groups is 1. The molecule has 0 atom stereocenters. The summed E-state index contributed by atoms with van der Waals surface area (Å²) in [7, 11) is 0. The minimum atomic E-state index is -0.447. The van der Waals surface area contributed by atoms with Crippen LogP contribution in [-0.4, -0.2) is 11.0 Å². The fourth-order valence-electron chi connectivity index (χ4n) is 2.54. The number of esters is 1. The van der Waals surface area contributed by atoms with Gasteiger partial charge in [0.05, 0.1) is 10.2 Å². The molecule has 0 N–H and O–H groups in total. The lowest BCUT2D eigenvalue weighted by Gasteiger charge is -2.05. The minimum Gasteiger partial charge on any atom is -0.427 e. The maximum absolute atomic E-state index is 11.9. The maximum atomic E-state index is 11.9. The molecular formula is C18H11NO4S. The molecule has 0 bridgehead atoms. The summed E-state index contributed by atoms with van der Waals surface area (Å²) in [5, 5.41) is 1.39. The zero-order valence-electron chi connectivity index (χ0n) is 12.6. The summed E-state index contributed by atoms with van der Waals surface area (Å²) in [5.74, 6) is -0.0144. The van der Waals surface area contributed by atoms with Crippen LogP contribution in [0.4, 0.5) is 0 Å². The van der Waals surface area contributed by atoms with E-state index in [1.165, 1.54) is 24.3 Å². The van der Waals surface area contributed by atoms with Gasteiger partial charge in [0.1, 0.15) is 16.3 Å². The molecule has 0 fully saturated rings. The van der Waals surface area contributed by atoms with Gasteiger partial charge in [-0.3, -0.25) is 4.79 Å². The van der Waals surface area contributed by atoms with Crippen molar-refractivity contribution in [3.05, 3.63) is 59.0 Å². The second-order valence-corrected chi connectivity index (χ2v) is 6.25. The normalized spacial score (nSPS) is 11.0. The van der Waals surface area contributed by atoms with Crippen molar-refractivity contribution in [2.45, 2.75) is 6.92 Å². The highest BCUT2D eigenvalue weighted by Crippen LogP contribution is 2.35. The predicted molar refractivity (Wildman–Crippen MR) is 92.4 cm³/mol. The monoisotopic (exact) mass is 337 g/mol. The van der Waals surface area contributed by atoms with Crippen molar-refractivity contribution in [2.24, 2.45) is 0 Å². The molecule has 0 unspecified atom stereocenters. The highest BCUT2D eigenvalue weighted by atomic mass is 32.1. The third-order valence-electron chi connectivity index (χ3n) is 3.50. The number of benzene rings is 2. The highest BCUT2D eigenvalue weighted by Gasteiger charge is 2.13. The Labute approximate surface area is 140 Å². The molecule has 0 radical (unpaired) electrons. The maximum Gasteiger partial charge on any atom is 0.336 e. The van der Waals surface area contributed by atoms with Gasteiger partial charge < -0.3 is 9.15 Å². The summed E-state index contributed by atoms with van der Waals surface area (Å²) in [6, 6.07) is 14.1. The summed E-state index contributed by atoms with van der Waals surface area (Å²) in [5.41, 5.74) is 1.51. The number of rotatable bonds is 2. The summed E-state index contributed by atoms with van der Waals surface area (Å²) < 4.78 is 11.4. The smallest absolute Gasteiger partial charge is 0.336 e. The Hall–Kier alpha value is -2.99. The highest BCUT2D eigenvalue weighted by molar-refractivity contribution is 7.21. The molecule has 0 saturated heterocycles. The first-order valence-corrected chi connectivity index (χ1v) is 8.04. The number of thiazole rings is 1. The Morgan fingerprint density at radius 2 is 2.00 bits per heavy atom.